The van der Waals surface area contributed by atoms with Gasteiger partial charge in [0.15, 0.2) is 0 Å². The van der Waals surface area contributed by atoms with Crippen molar-refractivity contribution in [3.8, 4) is 0 Å². The van der Waals surface area contributed by atoms with Crippen LogP contribution in [-0.2, 0) is 10.0 Å². The van der Waals surface area contributed by atoms with Crippen LogP contribution in [0.3, 0.4) is 0 Å². The number of nitrogens with one attached hydrogen (secondary N) is 1. The average Bonchev–Trinajstić information content (AvgIpc) is 3.12. The second kappa shape index (κ2) is 9.37. The maximum Gasteiger partial charge on any atom is 0.216 e. The lowest BCUT2D eigenvalue weighted by atomic mass is 10.0. The van der Waals surface area contributed by atoms with Crippen molar-refractivity contribution in [3.63, 3.8) is 0 Å². The maximum atomic E-state index is 12.8. The molecule has 0 saturated heterocycles. The molecule has 7 heteroatoms. The van der Waals surface area contributed by atoms with Gasteiger partial charge in [0.25, 0.3) is 0 Å². The SMILES string of the molecule is C\C=C/C(=c1/cn[nH]/c1=C/C)N(C)CCN(C)S(=O)(=O)C1CCCCC1. The fraction of sp³-hybridized carbons (Fsp3) is 0.632. The zero-order valence-electron chi connectivity index (χ0n) is 16.4. The lowest BCUT2D eigenvalue weighted by molar-refractivity contribution is 0.383. The van der Waals surface area contributed by atoms with E-state index in [4.69, 9.17) is 0 Å². The van der Waals surface area contributed by atoms with Crippen LogP contribution < -0.4 is 10.6 Å². The van der Waals surface area contributed by atoms with Gasteiger partial charge in [-0.2, -0.15) is 5.10 Å². The number of likely N-dealkylation sites (N-methyl/N-ethyl adjacent to an activating group) is 2. The van der Waals surface area contributed by atoms with Gasteiger partial charge in [0.1, 0.15) is 0 Å². The summed E-state index contributed by atoms with van der Waals surface area (Å²) in [6.45, 7) is 5.04. The maximum absolute atomic E-state index is 12.8. The minimum absolute atomic E-state index is 0.208. The van der Waals surface area contributed by atoms with E-state index in [1.807, 2.05) is 45.3 Å². The van der Waals surface area contributed by atoms with Crippen LogP contribution in [0.1, 0.15) is 46.0 Å². The summed E-state index contributed by atoms with van der Waals surface area (Å²) in [6.07, 6.45) is 12.6. The number of hydrogen-bond acceptors (Lipinski definition) is 4. The van der Waals surface area contributed by atoms with Crippen LogP contribution in [0.25, 0.3) is 11.8 Å². The van der Waals surface area contributed by atoms with Gasteiger partial charge in [-0.25, -0.2) is 12.7 Å². The second-order valence-corrected chi connectivity index (χ2v) is 9.24. The van der Waals surface area contributed by atoms with Crippen LogP contribution in [0.4, 0.5) is 0 Å². The van der Waals surface area contributed by atoms with E-state index in [1.165, 1.54) is 4.31 Å². The minimum atomic E-state index is -3.21. The van der Waals surface area contributed by atoms with Gasteiger partial charge in [-0.15, -0.1) is 0 Å². The Hall–Kier alpha value is -1.60. The van der Waals surface area contributed by atoms with Crippen molar-refractivity contribution in [2.45, 2.75) is 51.2 Å². The molecule has 0 aliphatic heterocycles. The summed E-state index contributed by atoms with van der Waals surface area (Å²) < 4.78 is 27.1. The molecule has 1 aromatic rings. The average molecular weight is 381 g/mol. The third-order valence-corrected chi connectivity index (χ3v) is 7.49. The molecule has 1 aliphatic rings. The summed E-state index contributed by atoms with van der Waals surface area (Å²) in [7, 11) is 0.486. The zero-order chi connectivity index (χ0) is 19.2. The summed E-state index contributed by atoms with van der Waals surface area (Å²) in [6, 6.07) is 0. The first-order valence-electron chi connectivity index (χ1n) is 9.40. The van der Waals surface area contributed by atoms with E-state index in [-0.39, 0.29) is 5.25 Å². The fourth-order valence-electron chi connectivity index (χ4n) is 3.46. The molecular weight excluding hydrogens is 348 g/mol. The fourth-order valence-corrected chi connectivity index (χ4v) is 5.23. The van der Waals surface area contributed by atoms with Crippen LogP contribution in [-0.4, -0.2) is 60.3 Å². The van der Waals surface area contributed by atoms with Gasteiger partial charge < -0.3 is 4.90 Å². The molecule has 0 bridgehead atoms. The largest absolute Gasteiger partial charge is 0.373 e. The van der Waals surface area contributed by atoms with E-state index in [1.54, 1.807) is 7.05 Å². The van der Waals surface area contributed by atoms with Gasteiger partial charge in [0, 0.05) is 38.1 Å². The quantitative estimate of drug-likeness (QED) is 0.777. The Kier molecular flexibility index (Phi) is 7.46. The van der Waals surface area contributed by atoms with Gasteiger partial charge >= 0.3 is 0 Å². The van der Waals surface area contributed by atoms with Crippen molar-refractivity contribution in [3.05, 3.63) is 28.9 Å². The number of sulfonamides is 1. The number of rotatable bonds is 7. The second-order valence-electron chi connectivity index (χ2n) is 6.92. The first kappa shape index (κ1) is 20.7. The monoisotopic (exact) mass is 380 g/mol. The molecule has 2 rings (SSSR count). The van der Waals surface area contributed by atoms with E-state index < -0.39 is 10.0 Å². The highest BCUT2D eigenvalue weighted by Crippen LogP contribution is 2.25. The van der Waals surface area contributed by atoms with Crippen LogP contribution in [0.15, 0.2) is 18.3 Å². The molecule has 0 atom stereocenters. The smallest absolute Gasteiger partial charge is 0.216 e. The molecule has 1 aromatic heterocycles. The number of hydrogen-bond donors (Lipinski definition) is 1. The van der Waals surface area contributed by atoms with E-state index in [9.17, 15) is 8.42 Å². The number of nitrogens with zero attached hydrogens (tertiary/aromatic N) is 3. The van der Waals surface area contributed by atoms with Crippen LogP contribution >= 0.6 is 0 Å². The predicted molar refractivity (Wildman–Crippen MR) is 107 cm³/mol. The first-order valence-corrected chi connectivity index (χ1v) is 10.9. The molecule has 0 spiro atoms. The minimum Gasteiger partial charge on any atom is -0.373 e. The molecule has 1 N–H and O–H groups in total. The van der Waals surface area contributed by atoms with E-state index in [0.29, 0.717) is 13.1 Å². The lowest BCUT2D eigenvalue weighted by Gasteiger charge is -2.29. The summed E-state index contributed by atoms with van der Waals surface area (Å²) in [5.41, 5.74) is 1.03. The van der Waals surface area contributed by atoms with Crippen molar-refractivity contribution >= 4 is 21.8 Å². The first-order chi connectivity index (χ1) is 12.4. The molecule has 0 radical (unpaired) electrons. The summed E-state index contributed by atoms with van der Waals surface area (Å²) in [5, 5.41) is 8.90. The summed E-state index contributed by atoms with van der Waals surface area (Å²) in [5.74, 6) is 0. The predicted octanol–water partition coefficient (Wildman–Crippen LogP) is 1.42. The Morgan fingerprint density at radius 1 is 1.23 bits per heavy atom. The van der Waals surface area contributed by atoms with Crippen molar-refractivity contribution in [2.75, 3.05) is 27.2 Å². The van der Waals surface area contributed by atoms with Gasteiger partial charge in [0.2, 0.25) is 10.0 Å². The Morgan fingerprint density at radius 3 is 2.54 bits per heavy atom. The molecule has 1 fully saturated rings. The van der Waals surface area contributed by atoms with E-state index in [2.05, 4.69) is 15.1 Å². The third-order valence-electron chi connectivity index (χ3n) is 5.13. The molecular formula is C19H32N4O2S. The Labute approximate surface area is 157 Å². The number of allylic oxidation sites excluding steroid dienone is 1. The molecule has 146 valence electrons. The van der Waals surface area contributed by atoms with Crippen molar-refractivity contribution < 1.29 is 8.42 Å². The number of H-pyrrole nitrogens is 1. The van der Waals surface area contributed by atoms with Crippen molar-refractivity contribution in [1.82, 2.24) is 19.4 Å². The molecule has 1 heterocycles. The standard InChI is InChI=1S/C19H32N4O2S/c1-5-10-19(17-15-20-21-18(17)6-2)22(3)13-14-23(4)26(24,25)16-11-8-7-9-12-16/h5-6,10,15-16,21H,7-9,11-14H2,1-4H3/b10-5-,18-6+,19-17+. The third kappa shape index (κ3) is 4.76. The molecule has 26 heavy (non-hydrogen) atoms. The van der Waals surface area contributed by atoms with Crippen LogP contribution in [0, 0.1) is 0 Å². The Balaban J connectivity index is 2.13. The molecule has 6 nitrogen and oxygen atoms in total. The van der Waals surface area contributed by atoms with Gasteiger partial charge in [0.05, 0.1) is 16.8 Å². The Bertz CT molecular complexity index is 820. The normalized spacial score (nSPS) is 18.7. The highest BCUT2D eigenvalue weighted by molar-refractivity contribution is 7.89. The van der Waals surface area contributed by atoms with Crippen molar-refractivity contribution in [1.29, 1.82) is 0 Å². The van der Waals surface area contributed by atoms with Crippen molar-refractivity contribution in [2.24, 2.45) is 0 Å². The van der Waals surface area contributed by atoms with Gasteiger partial charge in [-0.1, -0.05) is 31.4 Å². The van der Waals surface area contributed by atoms with Crippen LogP contribution in [0.2, 0.25) is 0 Å². The molecule has 1 aliphatic carbocycles. The molecule has 1 saturated carbocycles. The molecule has 0 unspecified atom stereocenters. The zero-order valence-corrected chi connectivity index (χ0v) is 17.2. The van der Waals surface area contributed by atoms with E-state index >= 15 is 0 Å². The van der Waals surface area contributed by atoms with E-state index in [0.717, 1.165) is 48.4 Å². The highest BCUT2D eigenvalue weighted by Gasteiger charge is 2.30. The lowest BCUT2D eigenvalue weighted by Crippen LogP contribution is -2.41. The molecule has 0 aromatic carbocycles. The highest BCUT2D eigenvalue weighted by atomic mass is 32.2. The number of aromatic nitrogens is 2. The topological polar surface area (TPSA) is 69.3 Å². The summed E-state index contributed by atoms with van der Waals surface area (Å²) in [4.78, 5) is 2.09. The summed E-state index contributed by atoms with van der Waals surface area (Å²) >= 11 is 0. The van der Waals surface area contributed by atoms with Gasteiger partial charge in [-0.05, 0) is 32.8 Å². The Morgan fingerprint density at radius 2 is 1.92 bits per heavy atom. The van der Waals surface area contributed by atoms with Gasteiger partial charge in [-0.3, -0.25) is 5.10 Å². The number of aromatic amines is 1. The molecule has 0 amide bonds. The van der Waals surface area contributed by atoms with Crippen LogP contribution in [0.5, 0.6) is 0 Å².